The maximum absolute atomic E-state index is 12.1. The van der Waals surface area contributed by atoms with Gasteiger partial charge in [0.25, 0.3) is 5.91 Å². The Bertz CT molecular complexity index is 807. The number of para-hydroxylation sites is 1. The lowest BCUT2D eigenvalue weighted by molar-refractivity contribution is -0.119. The molecular weight excluding hydrogens is 363 g/mol. The van der Waals surface area contributed by atoms with Crippen molar-refractivity contribution in [2.24, 2.45) is 0 Å². The van der Waals surface area contributed by atoms with Gasteiger partial charge in [-0.3, -0.25) is 4.79 Å². The monoisotopic (exact) mass is 380 g/mol. The molecule has 0 aliphatic heterocycles. The minimum atomic E-state index is -0.769. The molecular formula is C18H18Cl2N2O3. The van der Waals surface area contributed by atoms with Crippen molar-refractivity contribution in [1.29, 1.82) is 0 Å². The second kappa shape index (κ2) is 8.23. The van der Waals surface area contributed by atoms with E-state index in [1.807, 2.05) is 32.0 Å². The molecule has 3 N–H and O–H groups in total. The van der Waals surface area contributed by atoms with E-state index in [9.17, 15) is 9.59 Å². The fourth-order valence-corrected chi connectivity index (χ4v) is 2.76. The molecule has 0 spiro atoms. The summed E-state index contributed by atoms with van der Waals surface area (Å²) in [6.45, 7) is 3.60. The number of hydrogen-bond donors (Lipinski definition) is 2. The highest BCUT2D eigenvalue weighted by Gasteiger charge is 2.17. The second-order valence-corrected chi connectivity index (χ2v) is 6.56. The summed E-state index contributed by atoms with van der Waals surface area (Å²) in [5.74, 6) is -0.977. The third-order valence-corrected chi connectivity index (χ3v) is 4.04. The first kappa shape index (κ1) is 19.1. The first-order valence-electron chi connectivity index (χ1n) is 7.60. The zero-order valence-corrected chi connectivity index (χ0v) is 15.3. The number of anilines is 2. The number of rotatable bonds is 5. The van der Waals surface area contributed by atoms with Crippen LogP contribution < -0.4 is 11.1 Å². The summed E-state index contributed by atoms with van der Waals surface area (Å²) in [6, 6.07) is 10.2. The number of nitrogen functional groups attached to an aromatic ring is 1. The summed E-state index contributed by atoms with van der Waals surface area (Å²) in [6.07, 6.45) is 0. The number of ether oxygens (including phenoxy) is 1. The summed E-state index contributed by atoms with van der Waals surface area (Å²) in [7, 11) is 0. The summed E-state index contributed by atoms with van der Waals surface area (Å²) >= 11 is 11.7. The first-order chi connectivity index (χ1) is 11.8. The predicted molar refractivity (Wildman–Crippen MR) is 100 cm³/mol. The number of esters is 1. The van der Waals surface area contributed by atoms with Gasteiger partial charge in [-0.25, -0.2) is 4.79 Å². The van der Waals surface area contributed by atoms with E-state index in [0.29, 0.717) is 5.69 Å². The van der Waals surface area contributed by atoms with Crippen LogP contribution in [0.4, 0.5) is 11.4 Å². The number of halogens is 2. The summed E-state index contributed by atoms with van der Waals surface area (Å²) in [5, 5.41) is 3.14. The van der Waals surface area contributed by atoms with E-state index in [4.69, 9.17) is 33.7 Å². The average molecular weight is 381 g/mol. The highest BCUT2D eigenvalue weighted by molar-refractivity contribution is 6.37. The van der Waals surface area contributed by atoms with Gasteiger partial charge in [0.1, 0.15) is 0 Å². The van der Waals surface area contributed by atoms with Crippen LogP contribution in [0.3, 0.4) is 0 Å². The lowest BCUT2D eigenvalue weighted by Gasteiger charge is -2.14. The van der Waals surface area contributed by atoms with Gasteiger partial charge >= 0.3 is 5.97 Å². The maximum atomic E-state index is 12.1. The van der Waals surface area contributed by atoms with Crippen LogP contribution in [0.2, 0.25) is 10.0 Å². The van der Waals surface area contributed by atoms with Gasteiger partial charge < -0.3 is 15.8 Å². The maximum Gasteiger partial charge on any atom is 0.340 e. The highest BCUT2D eigenvalue weighted by atomic mass is 35.5. The molecule has 2 aromatic carbocycles. The van der Waals surface area contributed by atoms with Crippen LogP contribution in [-0.2, 0) is 9.53 Å². The molecule has 0 unspecified atom stereocenters. The minimum Gasteiger partial charge on any atom is -0.452 e. The van der Waals surface area contributed by atoms with Gasteiger partial charge in [-0.1, -0.05) is 55.2 Å². The Morgan fingerprint density at radius 1 is 1.20 bits per heavy atom. The molecule has 0 atom stereocenters. The molecule has 25 heavy (non-hydrogen) atoms. The van der Waals surface area contributed by atoms with Crippen molar-refractivity contribution in [2.45, 2.75) is 19.8 Å². The molecule has 0 bridgehead atoms. The Morgan fingerprint density at radius 3 is 2.56 bits per heavy atom. The van der Waals surface area contributed by atoms with Crippen LogP contribution >= 0.6 is 23.2 Å². The van der Waals surface area contributed by atoms with E-state index in [1.165, 1.54) is 12.1 Å². The lowest BCUT2D eigenvalue weighted by atomic mass is 10.0. The van der Waals surface area contributed by atoms with Crippen molar-refractivity contribution in [3.8, 4) is 0 Å². The zero-order valence-electron chi connectivity index (χ0n) is 13.8. The van der Waals surface area contributed by atoms with Gasteiger partial charge in [0.05, 0.1) is 16.3 Å². The van der Waals surface area contributed by atoms with Crippen molar-refractivity contribution in [2.75, 3.05) is 17.7 Å². The number of benzene rings is 2. The number of hydrogen-bond acceptors (Lipinski definition) is 4. The predicted octanol–water partition coefficient (Wildman–Crippen LogP) is 4.49. The van der Waals surface area contributed by atoms with E-state index in [2.05, 4.69) is 5.32 Å². The van der Waals surface area contributed by atoms with Crippen molar-refractivity contribution >= 4 is 46.5 Å². The molecule has 0 saturated heterocycles. The standard InChI is InChI=1S/C18H18Cl2N2O3/c1-10(2)12-5-3-4-6-15(12)22-16(23)9-25-18(24)13-7-11(19)8-14(20)17(13)21/h3-8,10H,9,21H2,1-2H3,(H,22,23). The number of nitrogens with one attached hydrogen (secondary N) is 1. The van der Waals surface area contributed by atoms with Gasteiger partial charge in [0.2, 0.25) is 0 Å². The molecule has 5 nitrogen and oxygen atoms in total. The fourth-order valence-electron chi connectivity index (χ4n) is 2.26. The Morgan fingerprint density at radius 2 is 1.88 bits per heavy atom. The molecule has 0 radical (unpaired) electrons. The van der Waals surface area contributed by atoms with Crippen LogP contribution in [0.5, 0.6) is 0 Å². The number of amides is 1. The largest absolute Gasteiger partial charge is 0.452 e. The molecule has 0 aromatic heterocycles. The Labute approximate surface area is 156 Å². The van der Waals surface area contributed by atoms with E-state index < -0.39 is 18.5 Å². The third-order valence-electron chi connectivity index (χ3n) is 3.51. The molecule has 0 aliphatic carbocycles. The van der Waals surface area contributed by atoms with Crippen LogP contribution in [0, 0.1) is 0 Å². The van der Waals surface area contributed by atoms with Crippen molar-refractivity contribution < 1.29 is 14.3 Å². The van der Waals surface area contributed by atoms with E-state index in [-0.39, 0.29) is 27.2 Å². The van der Waals surface area contributed by atoms with E-state index in [1.54, 1.807) is 6.07 Å². The molecule has 0 heterocycles. The molecule has 0 fully saturated rings. The molecule has 1 amide bonds. The van der Waals surface area contributed by atoms with Crippen LogP contribution in [0.1, 0.15) is 35.7 Å². The van der Waals surface area contributed by atoms with Gasteiger partial charge in [0, 0.05) is 10.7 Å². The Hall–Kier alpha value is -2.24. The quantitative estimate of drug-likeness (QED) is 0.591. The molecule has 0 aliphatic rings. The van der Waals surface area contributed by atoms with Gasteiger partial charge in [-0.2, -0.15) is 0 Å². The summed E-state index contributed by atoms with van der Waals surface area (Å²) in [5.41, 5.74) is 7.50. The van der Waals surface area contributed by atoms with Crippen molar-refractivity contribution in [3.05, 3.63) is 57.6 Å². The second-order valence-electron chi connectivity index (χ2n) is 5.72. The SMILES string of the molecule is CC(C)c1ccccc1NC(=O)COC(=O)c1cc(Cl)cc(Cl)c1N. The third kappa shape index (κ3) is 4.87. The normalized spacial score (nSPS) is 10.6. The number of carbonyl (C=O) groups is 2. The van der Waals surface area contributed by atoms with Crippen LogP contribution in [0.15, 0.2) is 36.4 Å². The smallest absolute Gasteiger partial charge is 0.340 e. The number of carbonyl (C=O) groups excluding carboxylic acids is 2. The average Bonchev–Trinajstić information content (AvgIpc) is 2.56. The van der Waals surface area contributed by atoms with Gasteiger partial charge in [0.15, 0.2) is 6.61 Å². The topological polar surface area (TPSA) is 81.4 Å². The Balaban J connectivity index is 2.02. The molecule has 2 rings (SSSR count). The minimum absolute atomic E-state index is 0.0212. The van der Waals surface area contributed by atoms with Crippen molar-refractivity contribution in [3.63, 3.8) is 0 Å². The van der Waals surface area contributed by atoms with Crippen LogP contribution in [-0.4, -0.2) is 18.5 Å². The Kier molecular flexibility index (Phi) is 6.28. The number of nitrogens with two attached hydrogens (primary N) is 1. The van der Waals surface area contributed by atoms with Gasteiger partial charge in [-0.15, -0.1) is 0 Å². The summed E-state index contributed by atoms with van der Waals surface area (Å²) in [4.78, 5) is 24.2. The van der Waals surface area contributed by atoms with E-state index >= 15 is 0 Å². The van der Waals surface area contributed by atoms with Gasteiger partial charge in [-0.05, 0) is 29.7 Å². The molecule has 7 heteroatoms. The van der Waals surface area contributed by atoms with Crippen LogP contribution in [0.25, 0.3) is 0 Å². The molecule has 2 aromatic rings. The first-order valence-corrected chi connectivity index (χ1v) is 8.35. The fraction of sp³-hybridized carbons (Fsp3) is 0.222. The highest BCUT2D eigenvalue weighted by Crippen LogP contribution is 2.28. The van der Waals surface area contributed by atoms with Crippen molar-refractivity contribution in [1.82, 2.24) is 0 Å². The van der Waals surface area contributed by atoms with E-state index in [0.717, 1.165) is 5.56 Å². The molecule has 0 saturated carbocycles. The molecule has 132 valence electrons. The summed E-state index contributed by atoms with van der Waals surface area (Å²) < 4.78 is 5.00. The zero-order chi connectivity index (χ0) is 18.6. The lowest BCUT2D eigenvalue weighted by Crippen LogP contribution is -2.22.